The van der Waals surface area contributed by atoms with E-state index in [2.05, 4.69) is 0 Å². The average molecular weight is 285 g/mol. The van der Waals surface area contributed by atoms with E-state index >= 15 is 0 Å². The minimum absolute atomic E-state index is 0.0211. The molecule has 2 N–H and O–H groups in total. The van der Waals surface area contributed by atoms with E-state index in [-0.39, 0.29) is 29.1 Å². The number of rotatable bonds is 3. The number of carbonyl (C=O) groups is 2. The highest BCUT2D eigenvalue weighted by Gasteiger charge is 2.29. The third-order valence-corrected chi connectivity index (χ3v) is 4.67. The summed E-state index contributed by atoms with van der Waals surface area (Å²) in [6.07, 6.45) is 0.433. The predicted molar refractivity (Wildman–Crippen MR) is 66.1 cm³/mol. The van der Waals surface area contributed by atoms with Crippen molar-refractivity contribution in [3.63, 3.8) is 0 Å². The molecule has 1 fully saturated rings. The van der Waals surface area contributed by atoms with Crippen LogP contribution in [0.4, 0.5) is 5.69 Å². The fourth-order valence-electron chi connectivity index (χ4n) is 1.93. The van der Waals surface area contributed by atoms with E-state index in [1.807, 2.05) is 0 Å². The lowest BCUT2D eigenvalue weighted by atomic mass is 10.1. The molecule has 0 radical (unpaired) electrons. The number of carboxylic acid groups (broad SMARTS) is 2. The SMILES string of the molecule is O=C(O)c1cc(C(=O)O)cc(N2CCCS2(=O)=O)c1. The molecule has 7 nitrogen and oxygen atoms in total. The monoisotopic (exact) mass is 285 g/mol. The molecular formula is C11H11NO6S. The molecule has 2 rings (SSSR count). The summed E-state index contributed by atoms with van der Waals surface area (Å²) in [5.41, 5.74) is -0.427. The van der Waals surface area contributed by atoms with Gasteiger partial charge in [-0.25, -0.2) is 18.0 Å². The van der Waals surface area contributed by atoms with Gasteiger partial charge in [0.2, 0.25) is 10.0 Å². The third kappa shape index (κ3) is 2.53. The Balaban J connectivity index is 2.57. The molecule has 0 unspecified atom stereocenters. The van der Waals surface area contributed by atoms with Crippen LogP contribution in [0.3, 0.4) is 0 Å². The van der Waals surface area contributed by atoms with Crippen molar-refractivity contribution in [1.29, 1.82) is 0 Å². The molecule has 0 bridgehead atoms. The van der Waals surface area contributed by atoms with Gasteiger partial charge in [0.1, 0.15) is 0 Å². The van der Waals surface area contributed by atoms with E-state index in [1.165, 1.54) is 0 Å². The van der Waals surface area contributed by atoms with Crippen molar-refractivity contribution in [3.8, 4) is 0 Å². The number of carboxylic acids is 2. The van der Waals surface area contributed by atoms with Gasteiger partial charge >= 0.3 is 11.9 Å². The Morgan fingerprint density at radius 3 is 1.95 bits per heavy atom. The molecule has 19 heavy (non-hydrogen) atoms. The second-order valence-corrected chi connectivity index (χ2v) is 6.13. The first-order valence-electron chi connectivity index (χ1n) is 5.43. The van der Waals surface area contributed by atoms with E-state index in [0.29, 0.717) is 6.42 Å². The molecule has 1 aromatic carbocycles. The van der Waals surface area contributed by atoms with Gasteiger partial charge in [-0.3, -0.25) is 4.31 Å². The zero-order valence-corrected chi connectivity index (χ0v) is 10.6. The summed E-state index contributed by atoms with van der Waals surface area (Å²) in [4.78, 5) is 21.9. The molecule has 0 amide bonds. The van der Waals surface area contributed by atoms with Crippen LogP contribution >= 0.6 is 0 Å². The van der Waals surface area contributed by atoms with Gasteiger partial charge in [-0.2, -0.15) is 0 Å². The summed E-state index contributed by atoms with van der Waals surface area (Å²) < 4.78 is 24.6. The highest BCUT2D eigenvalue weighted by molar-refractivity contribution is 7.93. The van der Waals surface area contributed by atoms with Crippen molar-refractivity contribution in [2.75, 3.05) is 16.6 Å². The largest absolute Gasteiger partial charge is 0.478 e. The molecule has 0 saturated carbocycles. The highest BCUT2D eigenvalue weighted by atomic mass is 32.2. The van der Waals surface area contributed by atoms with Gasteiger partial charge in [0.15, 0.2) is 0 Å². The number of nitrogens with zero attached hydrogens (tertiary/aromatic N) is 1. The normalized spacial score (nSPS) is 17.4. The van der Waals surface area contributed by atoms with Gasteiger partial charge in [0.05, 0.1) is 22.6 Å². The second kappa shape index (κ2) is 4.54. The van der Waals surface area contributed by atoms with E-state index in [1.54, 1.807) is 0 Å². The Morgan fingerprint density at radius 1 is 1.05 bits per heavy atom. The topological polar surface area (TPSA) is 112 Å². The zero-order valence-electron chi connectivity index (χ0n) is 9.74. The summed E-state index contributed by atoms with van der Waals surface area (Å²) in [5, 5.41) is 17.9. The maximum absolute atomic E-state index is 11.8. The molecule has 0 spiro atoms. The molecule has 1 saturated heterocycles. The van der Waals surface area contributed by atoms with Crippen LogP contribution in [-0.4, -0.2) is 42.9 Å². The van der Waals surface area contributed by atoms with Crippen LogP contribution in [-0.2, 0) is 10.0 Å². The average Bonchev–Trinajstić information content (AvgIpc) is 2.68. The third-order valence-electron chi connectivity index (χ3n) is 2.80. The van der Waals surface area contributed by atoms with Crippen molar-refractivity contribution in [3.05, 3.63) is 29.3 Å². The fourth-order valence-corrected chi connectivity index (χ4v) is 3.48. The number of aromatic carboxylic acids is 2. The van der Waals surface area contributed by atoms with E-state index in [0.717, 1.165) is 22.5 Å². The lowest BCUT2D eigenvalue weighted by Crippen LogP contribution is -2.25. The van der Waals surface area contributed by atoms with Crippen LogP contribution in [0.25, 0.3) is 0 Å². The molecule has 102 valence electrons. The Kier molecular flexibility index (Phi) is 3.19. The summed E-state index contributed by atoms with van der Waals surface area (Å²) in [6.45, 7) is 0.227. The number of anilines is 1. The molecule has 0 aliphatic carbocycles. The van der Waals surface area contributed by atoms with Gasteiger partial charge in [-0.15, -0.1) is 0 Å². The van der Waals surface area contributed by atoms with Crippen LogP contribution < -0.4 is 4.31 Å². The molecule has 1 aliphatic heterocycles. The number of hydrogen-bond acceptors (Lipinski definition) is 4. The standard InChI is InChI=1S/C11H11NO6S/c13-10(14)7-4-8(11(15)16)6-9(5-7)12-2-1-3-19(12,17)18/h4-6H,1-3H2,(H,13,14)(H,15,16). The number of benzene rings is 1. The molecule has 8 heteroatoms. The van der Waals surface area contributed by atoms with Gasteiger partial charge in [0, 0.05) is 6.54 Å². The zero-order chi connectivity index (χ0) is 14.2. The van der Waals surface area contributed by atoms with E-state index in [4.69, 9.17) is 10.2 Å². The van der Waals surface area contributed by atoms with Crippen molar-refractivity contribution in [1.82, 2.24) is 0 Å². The van der Waals surface area contributed by atoms with Crippen LogP contribution in [0.1, 0.15) is 27.1 Å². The molecule has 1 heterocycles. The lowest BCUT2D eigenvalue weighted by Gasteiger charge is -2.17. The van der Waals surface area contributed by atoms with Gasteiger partial charge in [-0.05, 0) is 24.6 Å². The van der Waals surface area contributed by atoms with Crippen molar-refractivity contribution in [2.24, 2.45) is 0 Å². The van der Waals surface area contributed by atoms with E-state index in [9.17, 15) is 18.0 Å². The first-order chi connectivity index (χ1) is 8.81. The van der Waals surface area contributed by atoms with Crippen molar-refractivity contribution < 1.29 is 28.2 Å². The van der Waals surface area contributed by atoms with Crippen LogP contribution in [0, 0.1) is 0 Å². The van der Waals surface area contributed by atoms with Gasteiger partial charge < -0.3 is 10.2 Å². The molecule has 1 aliphatic rings. The highest BCUT2D eigenvalue weighted by Crippen LogP contribution is 2.26. The molecular weight excluding hydrogens is 274 g/mol. The first kappa shape index (κ1) is 13.3. The molecule has 1 aromatic rings. The summed E-state index contributed by atoms with van der Waals surface area (Å²) in [6, 6.07) is 3.33. The smallest absolute Gasteiger partial charge is 0.335 e. The van der Waals surface area contributed by atoms with Crippen LogP contribution in [0.5, 0.6) is 0 Å². The Labute approximate surface area is 109 Å². The summed E-state index contributed by atoms with van der Waals surface area (Å²) >= 11 is 0. The Hall–Kier alpha value is -2.09. The van der Waals surface area contributed by atoms with Crippen LogP contribution in [0.15, 0.2) is 18.2 Å². The van der Waals surface area contributed by atoms with Crippen molar-refractivity contribution in [2.45, 2.75) is 6.42 Å². The quantitative estimate of drug-likeness (QED) is 0.842. The van der Waals surface area contributed by atoms with Crippen LogP contribution in [0.2, 0.25) is 0 Å². The van der Waals surface area contributed by atoms with Crippen molar-refractivity contribution >= 4 is 27.6 Å². The molecule has 0 aromatic heterocycles. The van der Waals surface area contributed by atoms with Gasteiger partial charge in [0.25, 0.3) is 0 Å². The Bertz CT molecular complexity index is 619. The predicted octanol–water partition coefficient (Wildman–Crippen LogP) is 0.623. The minimum Gasteiger partial charge on any atom is -0.478 e. The fraction of sp³-hybridized carbons (Fsp3) is 0.273. The second-order valence-electron chi connectivity index (χ2n) is 4.12. The molecule has 0 atom stereocenters. The van der Waals surface area contributed by atoms with Gasteiger partial charge in [-0.1, -0.05) is 0 Å². The first-order valence-corrected chi connectivity index (χ1v) is 7.04. The number of hydrogen-bond donors (Lipinski definition) is 2. The Morgan fingerprint density at radius 2 is 1.58 bits per heavy atom. The summed E-state index contributed by atoms with van der Waals surface area (Å²) in [7, 11) is -3.48. The lowest BCUT2D eigenvalue weighted by molar-refractivity contribution is 0.0696. The summed E-state index contributed by atoms with van der Waals surface area (Å²) in [5.74, 6) is -2.63. The number of sulfonamides is 1. The van der Waals surface area contributed by atoms with E-state index < -0.39 is 22.0 Å². The minimum atomic E-state index is -3.48. The maximum Gasteiger partial charge on any atom is 0.335 e. The maximum atomic E-state index is 11.8.